The van der Waals surface area contributed by atoms with Crippen LogP contribution in [-0.2, 0) is 0 Å². The van der Waals surface area contributed by atoms with E-state index in [4.69, 9.17) is 10.6 Å². The van der Waals surface area contributed by atoms with E-state index in [-0.39, 0.29) is 23.3 Å². The highest BCUT2D eigenvalue weighted by Crippen LogP contribution is 2.45. The van der Waals surface area contributed by atoms with Gasteiger partial charge in [0.15, 0.2) is 11.6 Å². The largest absolute Gasteiger partial charge is 0.492 e. The molecule has 1 saturated heterocycles. The Balaban J connectivity index is 1.69. The van der Waals surface area contributed by atoms with Gasteiger partial charge in [0.05, 0.1) is 18.9 Å². The number of methoxy groups -OCH3 is 1. The minimum atomic E-state index is -0.792. The van der Waals surface area contributed by atoms with Crippen LogP contribution in [-0.4, -0.2) is 34.3 Å². The van der Waals surface area contributed by atoms with Crippen molar-refractivity contribution >= 4 is 11.2 Å². The van der Waals surface area contributed by atoms with Crippen LogP contribution >= 0.6 is 0 Å². The second-order valence-electron chi connectivity index (χ2n) is 7.94. The Morgan fingerprint density at radius 2 is 1.90 bits per heavy atom. The highest BCUT2D eigenvalue weighted by Gasteiger charge is 2.35. The molecule has 1 aliphatic carbocycles. The lowest BCUT2D eigenvalue weighted by molar-refractivity contribution is 0.412. The van der Waals surface area contributed by atoms with Gasteiger partial charge in [-0.2, -0.15) is 4.68 Å². The number of rotatable bonds is 4. The molecule has 156 valence electrons. The molecule has 0 amide bonds. The SMILES string of the molecule is COc1c(N2CCC(c3ccncc3)C2)c(F)cn2c(=O)n(N)c(=O)c(C3CC3)c12. The normalized spacial score (nSPS) is 18.9. The second-order valence-corrected chi connectivity index (χ2v) is 7.94. The molecule has 4 heterocycles. The molecule has 1 unspecified atom stereocenters. The monoisotopic (exact) mass is 411 g/mol. The number of nitrogen functional groups attached to an aromatic ring is 1. The average Bonchev–Trinajstić information content (AvgIpc) is 3.48. The van der Waals surface area contributed by atoms with Gasteiger partial charge in [-0.05, 0) is 42.9 Å². The average molecular weight is 411 g/mol. The first-order valence-electron chi connectivity index (χ1n) is 9.99. The van der Waals surface area contributed by atoms with Crippen LogP contribution in [0.5, 0.6) is 5.75 Å². The highest BCUT2D eigenvalue weighted by molar-refractivity contribution is 5.78. The van der Waals surface area contributed by atoms with E-state index in [1.807, 2.05) is 17.0 Å². The van der Waals surface area contributed by atoms with Crippen molar-refractivity contribution in [2.24, 2.45) is 0 Å². The zero-order valence-electron chi connectivity index (χ0n) is 16.5. The van der Waals surface area contributed by atoms with Crippen molar-refractivity contribution in [2.45, 2.75) is 31.1 Å². The van der Waals surface area contributed by atoms with Crippen LogP contribution in [0.15, 0.2) is 40.3 Å². The molecule has 1 atom stereocenters. The van der Waals surface area contributed by atoms with E-state index < -0.39 is 17.1 Å². The number of fused-ring (bicyclic) bond motifs is 1. The molecule has 1 saturated carbocycles. The van der Waals surface area contributed by atoms with Crippen molar-refractivity contribution < 1.29 is 9.13 Å². The summed E-state index contributed by atoms with van der Waals surface area (Å²) in [5, 5.41) is 0. The van der Waals surface area contributed by atoms with Gasteiger partial charge in [0.1, 0.15) is 11.2 Å². The molecule has 9 heteroatoms. The summed E-state index contributed by atoms with van der Waals surface area (Å²) < 4.78 is 22.6. The molecular weight excluding hydrogens is 389 g/mol. The topological polar surface area (TPSA) is 94.9 Å². The minimum Gasteiger partial charge on any atom is -0.492 e. The summed E-state index contributed by atoms with van der Waals surface area (Å²) >= 11 is 0. The lowest BCUT2D eigenvalue weighted by Gasteiger charge is -2.24. The predicted molar refractivity (Wildman–Crippen MR) is 110 cm³/mol. The zero-order chi connectivity index (χ0) is 21.0. The number of pyridine rings is 2. The van der Waals surface area contributed by atoms with E-state index >= 15 is 4.39 Å². The summed E-state index contributed by atoms with van der Waals surface area (Å²) in [4.78, 5) is 31.3. The van der Waals surface area contributed by atoms with Gasteiger partial charge in [-0.1, -0.05) is 0 Å². The van der Waals surface area contributed by atoms with Gasteiger partial charge in [-0.25, -0.2) is 9.18 Å². The number of halogens is 1. The Morgan fingerprint density at radius 3 is 2.57 bits per heavy atom. The standard InChI is InChI=1S/C21H22FN5O3/c1-30-19-17(25-9-6-14(10-25)12-4-7-24-8-5-12)15(22)11-26-18(19)16(13-2-3-13)20(28)27(23)21(26)29/h4-5,7-8,11,13-14H,2-3,6,9-10,23H2,1H3. The molecule has 0 aromatic carbocycles. The van der Waals surface area contributed by atoms with Crippen LogP contribution in [0, 0.1) is 5.82 Å². The summed E-state index contributed by atoms with van der Waals surface area (Å²) in [6, 6.07) is 3.94. The predicted octanol–water partition coefficient (Wildman–Crippen LogP) is 1.59. The maximum atomic E-state index is 15.3. The number of hydrogen-bond donors (Lipinski definition) is 1. The number of aromatic nitrogens is 3. The number of ether oxygens (including phenoxy) is 1. The molecule has 0 radical (unpaired) electrons. The third-order valence-corrected chi connectivity index (χ3v) is 6.13. The van der Waals surface area contributed by atoms with Crippen LogP contribution < -0.4 is 26.7 Å². The third-order valence-electron chi connectivity index (χ3n) is 6.13. The van der Waals surface area contributed by atoms with E-state index in [0.29, 0.717) is 28.8 Å². The molecule has 3 aromatic rings. The first-order valence-corrected chi connectivity index (χ1v) is 9.99. The molecule has 2 N–H and O–H groups in total. The van der Waals surface area contributed by atoms with Gasteiger partial charge in [-0.3, -0.25) is 14.2 Å². The van der Waals surface area contributed by atoms with Crippen molar-refractivity contribution in [1.82, 2.24) is 14.1 Å². The lowest BCUT2D eigenvalue weighted by Crippen LogP contribution is -2.44. The van der Waals surface area contributed by atoms with E-state index in [1.54, 1.807) is 12.4 Å². The molecule has 30 heavy (non-hydrogen) atoms. The summed E-state index contributed by atoms with van der Waals surface area (Å²) in [5.41, 5.74) is 0.826. The van der Waals surface area contributed by atoms with Gasteiger partial charge in [-0.15, -0.1) is 0 Å². The number of nitrogens with two attached hydrogens (primary N) is 1. The molecular formula is C21H22FN5O3. The fraction of sp³-hybridized carbons (Fsp3) is 0.381. The molecule has 2 aliphatic rings. The van der Waals surface area contributed by atoms with E-state index in [2.05, 4.69) is 4.98 Å². The molecule has 5 rings (SSSR count). The van der Waals surface area contributed by atoms with Gasteiger partial charge in [0, 0.05) is 31.4 Å². The molecule has 8 nitrogen and oxygen atoms in total. The van der Waals surface area contributed by atoms with Crippen LogP contribution in [0.3, 0.4) is 0 Å². The van der Waals surface area contributed by atoms with E-state index in [0.717, 1.165) is 35.4 Å². The van der Waals surface area contributed by atoms with Gasteiger partial charge in [0.25, 0.3) is 5.56 Å². The number of hydrogen-bond acceptors (Lipinski definition) is 6. The first-order chi connectivity index (χ1) is 14.5. The number of nitrogens with zero attached hydrogens (tertiary/aromatic N) is 4. The van der Waals surface area contributed by atoms with E-state index in [1.165, 1.54) is 7.11 Å². The Bertz CT molecular complexity index is 1250. The van der Waals surface area contributed by atoms with Crippen molar-refractivity contribution in [2.75, 3.05) is 30.9 Å². The molecule has 3 aromatic heterocycles. The van der Waals surface area contributed by atoms with Crippen molar-refractivity contribution in [1.29, 1.82) is 0 Å². The molecule has 0 spiro atoms. The van der Waals surface area contributed by atoms with Crippen LogP contribution in [0.25, 0.3) is 5.52 Å². The highest BCUT2D eigenvalue weighted by atomic mass is 19.1. The quantitative estimate of drug-likeness (QED) is 0.655. The molecule has 0 bridgehead atoms. The summed E-state index contributed by atoms with van der Waals surface area (Å²) in [6.45, 7) is 1.23. The number of anilines is 1. The first kappa shape index (κ1) is 18.7. The Labute approximate surface area is 171 Å². The molecule has 2 fully saturated rings. The maximum Gasteiger partial charge on any atom is 0.354 e. The zero-order valence-corrected chi connectivity index (χ0v) is 16.5. The summed E-state index contributed by atoms with van der Waals surface area (Å²) in [6.07, 6.45) is 7.12. The van der Waals surface area contributed by atoms with Crippen molar-refractivity contribution in [3.8, 4) is 5.75 Å². The Morgan fingerprint density at radius 1 is 1.17 bits per heavy atom. The second kappa shape index (κ2) is 6.86. The van der Waals surface area contributed by atoms with Crippen LogP contribution in [0.4, 0.5) is 10.1 Å². The summed E-state index contributed by atoms with van der Waals surface area (Å²) in [5.74, 6) is 5.55. The molecule has 1 aliphatic heterocycles. The van der Waals surface area contributed by atoms with Crippen molar-refractivity contribution in [3.05, 3.63) is 68.5 Å². The minimum absolute atomic E-state index is 0.00161. The van der Waals surface area contributed by atoms with Gasteiger partial charge >= 0.3 is 5.69 Å². The van der Waals surface area contributed by atoms with Crippen LogP contribution in [0.2, 0.25) is 0 Å². The van der Waals surface area contributed by atoms with Gasteiger partial charge < -0.3 is 15.5 Å². The van der Waals surface area contributed by atoms with Crippen molar-refractivity contribution in [3.63, 3.8) is 0 Å². The lowest BCUT2D eigenvalue weighted by atomic mass is 10.00. The van der Waals surface area contributed by atoms with Crippen LogP contribution in [0.1, 0.15) is 42.2 Å². The van der Waals surface area contributed by atoms with E-state index in [9.17, 15) is 9.59 Å². The maximum absolute atomic E-state index is 15.3. The fourth-order valence-electron chi connectivity index (χ4n) is 4.51. The Hall–Kier alpha value is -3.36. The summed E-state index contributed by atoms with van der Waals surface area (Å²) in [7, 11) is 1.43. The third kappa shape index (κ3) is 2.76. The fourth-order valence-corrected chi connectivity index (χ4v) is 4.51. The Kier molecular flexibility index (Phi) is 4.27. The smallest absolute Gasteiger partial charge is 0.354 e. The van der Waals surface area contributed by atoms with Gasteiger partial charge in [0.2, 0.25) is 0 Å².